The highest BCUT2D eigenvalue weighted by Gasteiger charge is 2.38. The maximum Gasteiger partial charge on any atom is 0.238 e. The van der Waals surface area contributed by atoms with Gasteiger partial charge in [-0.05, 0) is 47.7 Å². The number of hydrogen-bond donors (Lipinski definition) is 0. The van der Waals surface area contributed by atoms with Gasteiger partial charge in [-0.15, -0.1) is 0 Å². The second-order valence-corrected chi connectivity index (χ2v) is 10.1. The Kier molecular flexibility index (Phi) is 5.19. The second kappa shape index (κ2) is 7.63. The number of nitrogens with zero attached hydrogens (tertiary/aromatic N) is 2. The van der Waals surface area contributed by atoms with Crippen LogP contribution < -0.4 is 4.90 Å². The van der Waals surface area contributed by atoms with Crippen LogP contribution in [0.15, 0.2) is 54.7 Å². The smallest absolute Gasteiger partial charge is 0.238 e. The van der Waals surface area contributed by atoms with E-state index in [1.165, 1.54) is 0 Å². The van der Waals surface area contributed by atoms with Gasteiger partial charge in [-0.1, -0.05) is 55.7 Å². The fourth-order valence-corrected chi connectivity index (χ4v) is 6.37. The minimum absolute atomic E-state index is 0.278. The number of hydrogen-bond acceptors (Lipinski definition) is 3. The van der Waals surface area contributed by atoms with Gasteiger partial charge >= 0.3 is 0 Å². The number of rotatable bonds is 4. The standard InChI is InChI=1S/C23H28N2O2S/c1-24(2)20-14-12-19(13-15-20)23-22-11-7-6-8-18(22)16-17-25(23)28(26,27)21-9-4-3-5-10-21/h6-8,11-17,21,23H,3-5,9-10H2,1-2H3. The Morgan fingerprint density at radius 1 is 0.929 bits per heavy atom. The Bertz CT molecular complexity index is 958. The molecule has 1 atom stereocenters. The zero-order valence-corrected chi connectivity index (χ0v) is 17.4. The third-order valence-corrected chi connectivity index (χ3v) is 8.17. The second-order valence-electron chi connectivity index (χ2n) is 7.97. The van der Waals surface area contributed by atoms with Crippen molar-refractivity contribution in [1.29, 1.82) is 0 Å². The molecule has 2 aromatic carbocycles. The highest BCUT2D eigenvalue weighted by Crippen LogP contribution is 2.40. The Hall–Kier alpha value is -2.27. The van der Waals surface area contributed by atoms with Crippen molar-refractivity contribution >= 4 is 21.8 Å². The lowest BCUT2D eigenvalue weighted by Crippen LogP contribution is -2.40. The fourth-order valence-electron chi connectivity index (χ4n) is 4.34. The van der Waals surface area contributed by atoms with E-state index >= 15 is 0 Å². The Labute approximate surface area is 168 Å². The average molecular weight is 397 g/mol. The summed E-state index contributed by atoms with van der Waals surface area (Å²) in [5.41, 5.74) is 4.23. The van der Waals surface area contributed by atoms with Gasteiger partial charge in [0.2, 0.25) is 10.0 Å². The Balaban J connectivity index is 1.78. The minimum Gasteiger partial charge on any atom is -0.378 e. The number of benzene rings is 2. The van der Waals surface area contributed by atoms with Crippen molar-refractivity contribution in [2.24, 2.45) is 0 Å². The van der Waals surface area contributed by atoms with Crippen LogP contribution in [0.2, 0.25) is 0 Å². The van der Waals surface area contributed by atoms with Crippen LogP contribution in [0.5, 0.6) is 0 Å². The summed E-state index contributed by atoms with van der Waals surface area (Å²) < 4.78 is 28.8. The van der Waals surface area contributed by atoms with Gasteiger partial charge in [0.25, 0.3) is 0 Å². The van der Waals surface area contributed by atoms with Crippen LogP contribution >= 0.6 is 0 Å². The molecular formula is C23H28N2O2S. The Morgan fingerprint density at radius 2 is 1.61 bits per heavy atom. The predicted molar refractivity (Wildman–Crippen MR) is 116 cm³/mol. The predicted octanol–water partition coefficient (Wildman–Crippen LogP) is 4.79. The van der Waals surface area contributed by atoms with Crippen molar-refractivity contribution in [3.8, 4) is 0 Å². The molecule has 0 bridgehead atoms. The van der Waals surface area contributed by atoms with Gasteiger partial charge in [0.05, 0.1) is 11.3 Å². The molecule has 2 aromatic rings. The lowest BCUT2D eigenvalue weighted by Gasteiger charge is -2.37. The summed E-state index contributed by atoms with van der Waals surface area (Å²) >= 11 is 0. The van der Waals surface area contributed by atoms with E-state index < -0.39 is 10.0 Å². The summed E-state index contributed by atoms with van der Waals surface area (Å²) in [5.74, 6) is 0. The SMILES string of the molecule is CN(C)c1ccc(C2c3ccccc3C=CN2S(=O)(=O)C2CCCCC2)cc1. The minimum atomic E-state index is -3.42. The summed E-state index contributed by atoms with van der Waals surface area (Å²) in [5, 5.41) is -0.278. The normalized spacial score (nSPS) is 20.1. The molecule has 1 aliphatic heterocycles. The molecule has 28 heavy (non-hydrogen) atoms. The van der Waals surface area contributed by atoms with Gasteiger partial charge < -0.3 is 4.90 Å². The third kappa shape index (κ3) is 3.44. The quantitative estimate of drug-likeness (QED) is 0.746. The molecule has 0 amide bonds. The maximum atomic E-state index is 13.6. The molecule has 0 saturated heterocycles. The topological polar surface area (TPSA) is 40.6 Å². The molecule has 1 saturated carbocycles. The van der Waals surface area contributed by atoms with Gasteiger partial charge in [0, 0.05) is 26.0 Å². The first-order chi connectivity index (χ1) is 13.5. The third-order valence-electron chi connectivity index (χ3n) is 5.94. The van der Waals surface area contributed by atoms with Crippen LogP contribution in [0.25, 0.3) is 6.08 Å². The van der Waals surface area contributed by atoms with E-state index in [1.54, 1.807) is 10.5 Å². The molecule has 0 N–H and O–H groups in total. The fraction of sp³-hybridized carbons (Fsp3) is 0.391. The molecule has 1 fully saturated rings. The van der Waals surface area contributed by atoms with Gasteiger partial charge in [-0.25, -0.2) is 8.42 Å². The molecule has 4 nitrogen and oxygen atoms in total. The molecule has 148 valence electrons. The summed E-state index contributed by atoms with van der Waals surface area (Å²) in [6.07, 6.45) is 8.37. The van der Waals surface area contributed by atoms with Crippen LogP contribution in [0.3, 0.4) is 0 Å². The summed E-state index contributed by atoms with van der Waals surface area (Å²) in [6, 6.07) is 16.0. The summed E-state index contributed by atoms with van der Waals surface area (Å²) in [4.78, 5) is 2.05. The van der Waals surface area contributed by atoms with E-state index in [0.717, 1.165) is 54.5 Å². The van der Waals surface area contributed by atoms with E-state index in [-0.39, 0.29) is 11.3 Å². The lowest BCUT2D eigenvalue weighted by atomic mass is 9.92. The Morgan fingerprint density at radius 3 is 2.29 bits per heavy atom. The van der Waals surface area contributed by atoms with Crippen molar-refractivity contribution < 1.29 is 8.42 Å². The van der Waals surface area contributed by atoms with E-state index in [0.29, 0.717) is 0 Å². The van der Waals surface area contributed by atoms with Crippen LogP contribution in [0, 0.1) is 0 Å². The van der Waals surface area contributed by atoms with E-state index in [4.69, 9.17) is 0 Å². The molecule has 1 unspecified atom stereocenters. The first kappa shape index (κ1) is 19.1. The molecule has 1 heterocycles. The van der Waals surface area contributed by atoms with Crippen molar-refractivity contribution in [2.45, 2.75) is 43.4 Å². The maximum absolute atomic E-state index is 13.6. The highest BCUT2D eigenvalue weighted by molar-refractivity contribution is 7.89. The highest BCUT2D eigenvalue weighted by atomic mass is 32.2. The number of sulfonamides is 1. The van der Waals surface area contributed by atoms with Crippen molar-refractivity contribution in [3.63, 3.8) is 0 Å². The lowest BCUT2D eigenvalue weighted by molar-refractivity contribution is 0.412. The zero-order valence-electron chi connectivity index (χ0n) is 16.6. The van der Waals surface area contributed by atoms with Crippen molar-refractivity contribution in [1.82, 2.24) is 4.31 Å². The molecule has 1 aliphatic carbocycles. The molecule has 0 spiro atoms. The molecule has 0 radical (unpaired) electrons. The molecule has 5 heteroatoms. The van der Waals surface area contributed by atoms with Gasteiger partial charge in [0.15, 0.2) is 0 Å². The number of fused-ring (bicyclic) bond motifs is 1. The first-order valence-electron chi connectivity index (χ1n) is 10.1. The monoisotopic (exact) mass is 396 g/mol. The van der Waals surface area contributed by atoms with E-state index in [1.807, 2.05) is 38.4 Å². The van der Waals surface area contributed by atoms with E-state index in [9.17, 15) is 8.42 Å². The molecule has 2 aliphatic rings. The first-order valence-corrected chi connectivity index (χ1v) is 11.6. The van der Waals surface area contributed by atoms with E-state index in [2.05, 4.69) is 35.2 Å². The van der Waals surface area contributed by atoms with Crippen LogP contribution in [0.1, 0.15) is 54.8 Å². The van der Waals surface area contributed by atoms with Crippen LogP contribution in [0.4, 0.5) is 5.69 Å². The van der Waals surface area contributed by atoms with Crippen LogP contribution in [-0.4, -0.2) is 32.1 Å². The van der Waals surface area contributed by atoms with Gasteiger partial charge in [-0.3, -0.25) is 4.31 Å². The van der Waals surface area contributed by atoms with Crippen molar-refractivity contribution in [2.75, 3.05) is 19.0 Å². The van der Waals surface area contributed by atoms with Gasteiger partial charge in [0.1, 0.15) is 0 Å². The van der Waals surface area contributed by atoms with Gasteiger partial charge in [-0.2, -0.15) is 0 Å². The molecule has 4 rings (SSSR count). The molecular weight excluding hydrogens is 368 g/mol. The summed E-state index contributed by atoms with van der Waals surface area (Å²) in [6.45, 7) is 0. The largest absolute Gasteiger partial charge is 0.378 e. The summed E-state index contributed by atoms with van der Waals surface area (Å²) in [7, 11) is 0.599. The zero-order chi connectivity index (χ0) is 19.7. The molecule has 0 aromatic heterocycles. The number of anilines is 1. The van der Waals surface area contributed by atoms with Crippen molar-refractivity contribution in [3.05, 3.63) is 71.4 Å². The average Bonchev–Trinajstić information content (AvgIpc) is 2.73. The van der Waals surface area contributed by atoms with Crippen LogP contribution in [-0.2, 0) is 10.0 Å².